The summed E-state index contributed by atoms with van der Waals surface area (Å²) in [6.07, 6.45) is 1.46. The topological polar surface area (TPSA) is 89.2 Å². The van der Waals surface area contributed by atoms with E-state index in [1.165, 1.54) is 6.20 Å². The zero-order valence-electron chi connectivity index (χ0n) is 10.6. The predicted octanol–water partition coefficient (Wildman–Crippen LogP) is 1.04. The van der Waals surface area contributed by atoms with E-state index in [2.05, 4.69) is 9.97 Å². The third-order valence-electron chi connectivity index (χ3n) is 3.17. The van der Waals surface area contributed by atoms with Gasteiger partial charge in [0.05, 0.1) is 17.1 Å². The monoisotopic (exact) mass is 312 g/mol. The molecule has 1 aromatic carbocycles. The van der Waals surface area contributed by atoms with Crippen LogP contribution in [-0.2, 0) is 23.1 Å². The second-order valence-corrected chi connectivity index (χ2v) is 6.49. The molecule has 0 fully saturated rings. The molecule has 9 heteroatoms. The number of hydrogen-bond donors (Lipinski definition) is 1. The maximum Gasteiger partial charge on any atom is 0.243 e. The summed E-state index contributed by atoms with van der Waals surface area (Å²) in [6.45, 7) is 0.0837. The van der Waals surface area contributed by atoms with Gasteiger partial charge in [-0.25, -0.2) is 27.2 Å². The highest BCUT2D eigenvalue weighted by atomic mass is 32.2. The molecule has 0 spiro atoms. The zero-order chi connectivity index (χ0) is 15.2. The Labute approximate surface area is 119 Å². The Balaban J connectivity index is 1.96. The lowest BCUT2D eigenvalue weighted by molar-refractivity contribution is 0.428. The minimum atomic E-state index is -3.94. The van der Waals surface area contributed by atoms with Gasteiger partial charge in [0.1, 0.15) is 0 Å². The number of hydrogen-bond acceptors (Lipinski definition) is 5. The summed E-state index contributed by atoms with van der Waals surface area (Å²) in [5, 5.41) is 0. The standard InChI is InChI=1S/C12H10F2N4O2S/c13-9-2-1-8(3-10(9)14)21(19,20)18-5-7-4-16-12(15)17-11(7)6-18/h1-4H,5-6H2,(H2,15,16,17). The van der Waals surface area contributed by atoms with Crippen molar-refractivity contribution in [2.75, 3.05) is 5.73 Å². The first-order valence-electron chi connectivity index (χ1n) is 5.93. The number of fused-ring (bicyclic) bond motifs is 1. The fraction of sp³-hybridized carbons (Fsp3) is 0.167. The molecule has 21 heavy (non-hydrogen) atoms. The highest BCUT2D eigenvalue weighted by molar-refractivity contribution is 7.89. The van der Waals surface area contributed by atoms with E-state index >= 15 is 0 Å². The minimum Gasteiger partial charge on any atom is -0.368 e. The molecule has 2 aromatic rings. The average Bonchev–Trinajstić information content (AvgIpc) is 2.85. The SMILES string of the molecule is Nc1ncc2c(n1)CN(S(=O)(=O)c1ccc(F)c(F)c1)C2. The Bertz CT molecular complexity index is 826. The van der Waals surface area contributed by atoms with Gasteiger partial charge in [-0.2, -0.15) is 4.31 Å². The van der Waals surface area contributed by atoms with Gasteiger partial charge in [0.2, 0.25) is 16.0 Å². The second kappa shape index (κ2) is 4.71. The van der Waals surface area contributed by atoms with Crippen LogP contribution in [0.1, 0.15) is 11.3 Å². The van der Waals surface area contributed by atoms with Crippen molar-refractivity contribution in [3.05, 3.63) is 47.3 Å². The van der Waals surface area contributed by atoms with Crippen LogP contribution in [0.15, 0.2) is 29.3 Å². The van der Waals surface area contributed by atoms with Crippen molar-refractivity contribution in [2.24, 2.45) is 0 Å². The van der Waals surface area contributed by atoms with Gasteiger partial charge < -0.3 is 5.73 Å². The smallest absolute Gasteiger partial charge is 0.243 e. The predicted molar refractivity (Wildman–Crippen MR) is 69.2 cm³/mol. The second-order valence-electron chi connectivity index (χ2n) is 4.55. The number of aromatic nitrogens is 2. The van der Waals surface area contributed by atoms with Crippen molar-refractivity contribution in [1.82, 2.24) is 14.3 Å². The maximum atomic E-state index is 13.2. The molecule has 1 aliphatic rings. The molecular formula is C12H10F2N4O2S. The maximum absolute atomic E-state index is 13.2. The van der Waals surface area contributed by atoms with Crippen molar-refractivity contribution in [3.8, 4) is 0 Å². The van der Waals surface area contributed by atoms with E-state index in [-0.39, 0.29) is 23.9 Å². The molecule has 6 nitrogen and oxygen atoms in total. The van der Waals surface area contributed by atoms with Crippen LogP contribution in [0.5, 0.6) is 0 Å². The number of rotatable bonds is 2. The van der Waals surface area contributed by atoms with E-state index < -0.39 is 21.7 Å². The van der Waals surface area contributed by atoms with Crippen LogP contribution in [0.4, 0.5) is 14.7 Å². The fourth-order valence-corrected chi connectivity index (χ4v) is 3.49. The Morgan fingerprint density at radius 1 is 1.19 bits per heavy atom. The van der Waals surface area contributed by atoms with E-state index in [0.717, 1.165) is 16.4 Å². The first kappa shape index (κ1) is 13.8. The average molecular weight is 312 g/mol. The summed E-state index contributed by atoms with van der Waals surface area (Å²) in [4.78, 5) is 7.46. The Morgan fingerprint density at radius 2 is 1.95 bits per heavy atom. The normalized spacial score (nSPS) is 15.1. The van der Waals surface area contributed by atoms with Crippen LogP contribution >= 0.6 is 0 Å². The molecule has 0 bridgehead atoms. The van der Waals surface area contributed by atoms with Gasteiger partial charge in [-0.1, -0.05) is 0 Å². The highest BCUT2D eigenvalue weighted by Gasteiger charge is 2.32. The molecular weight excluding hydrogens is 302 g/mol. The molecule has 0 saturated carbocycles. The van der Waals surface area contributed by atoms with Crippen LogP contribution in [-0.4, -0.2) is 22.7 Å². The Morgan fingerprint density at radius 3 is 2.67 bits per heavy atom. The summed E-state index contributed by atoms with van der Waals surface area (Å²) in [7, 11) is -3.94. The van der Waals surface area contributed by atoms with Gasteiger partial charge >= 0.3 is 0 Å². The van der Waals surface area contributed by atoms with Gasteiger partial charge in [0.25, 0.3) is 0 Å². The molecule has 0 aliphatic carbocycles. The number of halogens is 2. The van der Waals surface area contributed by atoms with E-state index in [1.807, 2.05) is 0 Å². The number of nitrogens with two attached hydrogens (primary N) is 1. The zero-order valence-corrected chi connectivity index (χ0v) is 11.4. The summed E-state index contributed by atoms with van der Waals surface area (Å²) in [5.41, 5.74) is 6.59. The summed E-state index contributed by atoms with van der Waals surface area (Å²) >= 11 is 0. The summed E-state index contributed by atoms with van der Waals surface area (Å²) in [5.74, 6) is -2.25. The molecule has 2 heterocycles. The van der Waals surface area contributed by atoms with Crippen molar-refractivity contribution < 1.29 is 17.2 Å². The Kier molecular flexibility index (Phi) is 3.10. The van der Waals surface area contributed by atoms with Crippen LogP contribution in [0.3, 0.4) is 0 Å². The largest absolute Gasteiger partial charge is 0.368 e. The summed E-state index contributed by atoms with van der Waals surface area (Å²) < 4.78 is 52.1. The van der Waals surface area contributed by atoms with Gasteiger partial charge in [0.15, 0.2) is 11.6 Å². The first-order valence-corrected chi connectivity index (χ1v) is 7.37. The van der Waals surface area contributed by atoms with Crippen LogP contribution < -0.4 is 5.73 Å². The molecule has 0 unspecified atom stereocenters. The van der Waals surface area contributed by atoms with Crippen molar-refractivity contribution in [3.63, 3.8) is 0 Å². The molecule has 2 N–H and O–H groups in total. The molecule has 3 rings (SSSR count). The number of nitrogens with zero attached hydrogens (tertiary/aromatic N) is 3. The van der Waals surface area contributed by atoms with Crippen LogP contribution in [0.2, 0.25) is 0 Å². The fourth-order valence-electron chi connectivity index (χ4n) is 2.10. The Hall–Kier alpha value is -2.13. The molecule has 0 atom stereocenters. The number of sulfonamides is 1. The van der Waals surface area contributed by atoms with Gasteiger partial charge in [-0.3, -0.25) is 0 Å². The summed E-state index contributed by atoms with van der Waals surface area (Å²) in [6, 6.07) is 2.47. The van der Waals surface area contributed by atoms with Crippen molar-refractivity contribution >= 4 is 16.0 Å². The molecule has 0 saturated heterocycles. The third-order valence-corrected chi connectivity index (χ3v) is 4.96. The number of nitrogen functional groups attached to an aromatic ring is 1. The van der Waals surface area contributed by atoms with E-state index in [1.54, 1.807) is 0 Å². The van der Waals surface area contributed by atoms with Gasteiger partial charge in [-0.05, 0) is 18.2 Å². The van der Waals surface area contributed by atoms with Crippen LogP contribution in [0.25, 0.3) is 0 Å². The molecule has 1 aliphatic heterocycles. The molecule has 0 radical (unpaired) electrons. The van der Waals surface area contributed by atoms with E-state index in [4.69, 9.17) is 5.73 Å². The highest BCUT2D eigenvalue weighted by Crippen LogP contribution is 2.28. The van der Waals surface area contributed by atoms with Gasteiger partial charge in [-0.15, -0.1) is 0 Å². The lowest BCUT2D eigenvalue weighted by Crippen LogP contribution is -2.25. The lowest BCUT2D eigenvalue weighted by atomic mass is 10.3. The lowest BCUT2D eigenvalue weighted by Gasteiger charge is -2.15. The first-order chi connectivity index (χ1) is 9.88. The van der Waals surface area contributed by atoms with Crippen LogP contribution in [0, 0.1) is 11.6 Å². The minimum absolute atomic E-state index is 0.0172. The quantitative estimate of drug-likeness (QED) is 0.895. The molecule has 110 valence electrons. The third kappa shape index (κ3) is 2.34. The molecule has 1 aromatic heterocycles. The van der Waals surface area contributed by atoms with E-state index in [9.17, 15) is 17.2 Å². The van der Waals surface area contributed by atoms with Crippen molar-refractivity contribution in [2.45, 2.75) is 18.0 Å². The van der Waals surface area contributed by atoms with Crippen molar-refractivity contribution in [1.29, 1.82) is 0 Å². The van der Waals surface area contributed by atoms with Gasteiger partial charge in [0, 0.05) is 18.3 Å². The number of anilines is 1. The van der Waals surface area contributed by atoms with E-state index in [0.29, 0.717) is 17.3 Å². The molecule has 0 amide bonds. The number of benzene rings is 1.